The van der Waals surface area contributed by atoms with Crippen molar-refractivity contribution in [3.05, 3.63) is 24.3 Å². The molecule has 6 nitrogen and oxygen atoms in total. The van der Waals surface area contributed by atoms with Gasteiger partial charge in [0.05, 0.1) is 30.3 Å². The first-order valence-electron chi connectivity index (χ1n) is 7.58. The number of ether oxygens (including phenoxy) is 1. The largest absolute Gasteiger partial charge is 0.378 e. The predicted molar refractivity (Wildman–Crippen MR) is 89.6 cm³/mol. The number of benzene rings is 1. The third-order valence-corrected chi connectivity index (χ3v) is 5.41. The van der Waals surface area contributed by atoms with Crippen molar-refractivity contribution in [2.45, 2.75) is 6.42 Å². The van der Waals surface area contributed by atoms with Crippen LogP contribution in [0.1, 0.15) is 6.42 Å². The summed E-state index contributed by atoms with van der Waals surface area (Å²) in [5.41, 5.74) is 1.81. The van der Waals surface area contributed by atoms with Gasteiger partial charge in [0.2, 0.25) is 15.0 Å². The Hall–Kier alpha value is -1.31. The molecule has 0 saturated carbocycles. The first-order valence-corrected chi connectivity index (χ1v) is 10.1. The van der Waals surface area contributed by atoms with Crippen LogP contribution in [0.2, 0.25) is 0 Å². The second-order valence-electron chi connectivity index (χ2n) is 5.87. The Labute approximate surface area is 140 Å². The Morgan fingerprint density at radius 3 is 2.48 bits per heavy atom. The zero-order chi connectivity index (χ0) is 16.4. The Bertz CT molecular complexity index is 688. The second-order valence-corrected chi connectivity index (χ2v) is 8.69. The molecule has 2 aliphatic heterocycles. The molecule has 2 saturated heterocycles. The Balaban J connectivity index is 1.83. The van der Waals surface area contributed by atoms with Crippen LogP contribution in [0, 0.1) is 5.92 Å². The fraction of sp³-hybridized carbons (Fsp3) is 0.533. The van der Waals surface area contributed by atoms with Crippen LogP contribution in [-0.4, -0.2) is 52.9 Å². The average Bonchev–Trinajstić information content (AvgIpc) is 2.86. The van der Waals surface area contributed by atoms with Gasteiger partial charge in [-0.15, -0.1) is 0 Å². The maximum Gasteiger partial charge on any atom is 0.232 e. The van der Waals surface area contributed by atoms with E-state index >= 15 is 0 Å². The van der Waals surface area contributed by atoms with Gasteiger partial charge in [0.15, 0.2) is 0 Å². The summed E-state index contributed by atoms with van der Waals surface area (Å²) in [7, 11) is 1.73. The van der Waals surface area contributed by atoms with Crippen molar-refractivity contribution in [2.24, 2.45) is 5.92 Å². The number of halogens is 1. The molecule has 0 bridgehead atoms. The smallest absolute Gasteiger partial charge is 0.232 e. The summed E-state index contributed by atoms with van der Waals surface area (Å²) in [6.45, 7) is 3.26. The van der Waals surface area contributed by atoms with Gasteiger partial charge in [-0.05, 0) is 12.1 Å². The zero-order valence-electron chi connectivity index (χ0n) is 12.7. The van der Waals surface area contributed by atoms with Crippen LogP contribution < -0.4 is 9.80 Å². The summed E-state index contributed by atoms with van der Waals surface area (Å²) in [4.78, 5) is 16.2. The van der Waals surface area contributed by atoms with E-state index in [9.17, 15) is 13.2 Å². The molecule has 1 amide bonds. The Morgan fingerprint density at radius 1 is 1.17 bits per heavy atom. The molecule has 3 rings (SSSR count). The van der Waals surface area contributed by atoms with Crippen LogP contribution in [0.15, 0.2) is 24.3 Å². The van der Waals surface area contributed by atoms with E-state index in [0.29, 0.717) is 19.8 Å². The third-order valence-electron chi connectivity index (χ3n) is 4.16. The monoisotopic (exact) mass is 358 g/mol. The first-order chi connectivity index (χ1) is 10.9. The number of hydrogen-bond acceptors (Lipinski definition) is 5. The second kappa shape index (κ2) is 6.67. The molecule has 1 aromatic carbocycles. The first kappa shape index (κ1) is 16.5. The number of carbonyl (C=O) groups excluding carboxylic acids is 1. The summed E-state index contributed by atoms with van der Waals surface area (Å²) < 4.78 is 27.9. The fourth-order valence-electron chi connectivity index (χ4n) is 3.17. The molecule has 2 aliphatic rings. The third kappa shape index (κ3) is 3.97. The van der Waals surface area contributed by atoms with Gasteiger partial charge in [0.1, 0.15) is 0 Å². The maximum atomic E-state index is 12.4. The molecule has 0 aromatic heterocycles. The van der Waals surface area contributed by atoms with Crippen LogP contribution in [0.25, 0.3) is 0 Å². The molecular formula is C15H19ClN2O4S. The van der Waals surface area contributed by atoms with Crippen LogP contribution >= 0.6 is 10.7 Å². The number of rotatable bonds is 4. The summed E-state index contributed by atoms with van der Waals surface area (Å²) in [5.74, 6) is -0.491. The van der Waals surface area contributed by atoms with Crippen molar-refractivity contribution in [1.82, 2.24) is 0 Å². The van der Waals surface area contributed by atoms with E-state index in [1.54, 1.807) is 4.90 Å². The highest BCUT2D eigenvalue weighted by molar-refractivity contribution is 8.13. The van der Waals surface area contributed by atoms with Gasteiger partial charge in [-0.2, -0.15) is 0 Å². The molecule has 126 valence electrons. The normalized spacial score (nSPS) is 22.7. The van der Waals surface area contributed by atoms with E-state index < -0.39 is 9.05 Å². The van der Waals surface area contributed by atoms with Gasteiger partial charge >= 0.3 is 0 Å². The molecule has 8 heteroatoms. The van der Waals surface area contributed by atoms with Gasteiger partial charge in [0, 0.05) is 42.7 Å². The van der Waals surface area contributed by atoms with E-state index in [0.717, 1.165) is 24.5 Å². The number of hydrogen-bond donors (Lipinski definition) is 0. The molecule has 0 spiro atoms. The van der Waals surface area contributed by atoms with E-state index in [2.05, 4.69) is 4.90 Å². The summed E-state index contributed by atoms with van der Waals surface area (Å²) in [5, 5.41) is 0. The van der Waals surface area contributed by atoms with Crippen LogP contribution in [0.4, 0.5) is 11.4 Å². The standard InChI is InChI=1S/C15H19ClN2O4S/c16-23(20,21)11-12-9-15(19)18(10-12)14-4-2-1-3-13(14)17-5-7-22-8-6-17/h1-4,12H,5-11H2. The molecule has 1 aromatic rings. The molecule has 2 heterocycles. The van der Waals surface area contributed by atoms with Gasteiger partial charge < -0.3 is 14.5 Å². The Morgan fingerprint density at radius 2 is 1.83 bits per heavy atom. The van der Waals surface area contributed by atoms with Gasteiger partial charge in [0.25, 0.3) is 0 Å². The van der Waals surface area contributed by atoms with E-state index in [1.165, 1.54) is 0 Å². The highest BCUT2D eigenvalue weighted by Crippen LogP contribution is 2.34. The molecule has 0 radical (unpaired) electrons. The lowest BCUT2D eigenvalue weighted by atomic mass is 10.1. The molecule has 1 atom stereocenters. The van der Waals surface area contributed by atoms with E-state index in [4.69, 9.17) is 15.4 Å². The van der Waals surface area contributed by atoms with Crippen LogP contribution in [-0.2, 0) is 18.6 Å². The van der Waals surface area contributed by atoms with Crippen LogP contribution in [0.5, 0.6) is 0 Å². The topological polar surface area (TPSA) is 66.9 Å². The van der Waals surface area contributed by atoms with Crippen molar-refractivity contribution in [1.29, 1.82) is 0 Å². The molecule has 0 aliphatic carbocycles. The number of nitrogens with zero attached hydrogens (tertiary/aromatic N) is 2. The van der Waals surface area contributed by atoms with Crippen molar-refractivity contribution >= 4 is 37.0 Å². The minimum atomic E-state index is -3.60. The quantitative estimate of drug-likeness (QED) is 0.762. The predicted octanol–water partition coefficient (Wildman–Crippen LogP) is 1.44. The number of anilines is 2. The number of para-hydroxylation sites is 2. The van der Waals surface area contributed by atoms with Crippen molar-refractivity contribution in [3.8, 4) is 0 Å². The van der Waals surface area contributed by atoms with Gasteiger partial charge in [-0.3, -0.25) is 4.79 Å². The molecule has 1 unspecified atom stereocenters. The SMILES string of the molecule is O=C1CC(CS(=O)(=O)Cl)CN1c1ccccc1N1CCOCC1. The van der Waals surface area contributed by atoms with Gasteiger partial charge in [-0.1, -0.05) is 12.1 Å². The number of amides is 1. The highest BCUT2D eigenvalue weighted by atomic mass is 35.7. The lowest BCUT2D eigenvalue weighted by Crippen LogP contribution is -2.37. The van der Waals surface area contributed by atoms with E-state index in [1.807, 2.05) is 24.3 Å². The number of morpholine rings is 1. The molecule has 23 heavy (non-hydrogen) atoms. The molecule has 2 fully saturated rings. The van der Waals surface area contributed by atoms with E-state index in [-0.39, 0.29) is 24.0 Å². The average molecular weight is 359 g/mol. The molecular weight excluding hydrogens is 340 g/mol. The number of carbonyl (C=O) groups is 1. The summed E-state index contributed by atoms with van der Waals surface area (Å²) >= 11 is 0. The molecule has 0 N–H and O–H groups in total. The lowest BCUT2D eigenvalue weighted by molar-refractivity contribution is -0.117. The van der Waals surface area contributed by atoms with Crippen molar-refractivity contribution < 1.29 is 17.9 Å². The summed E-state index contributed by atoms with van der Waals surface area (Å²) in [6, 6.07) is 7.72. The summed E-state index contributed by atoms with van der Waals surface area (Å²) in [6.07, 6.45) is 0.212. The minimum Gasteiger partial charge on any atom is -0.378 e. The fourth-order valence-corrected chi connectivity index (χ4v) is 4.49. The van der Waals surface area contributed by atoms with Crippen molar-refractivity contribution in [3.63, 3.8) is 0 Å². The van der Waals surface area contributed by atoms with Crippen molar-refractivity contribution in [2.75, 3.05) is 48.4 Å². The maximum absolute atomic E-state index is 12.4. The lowest BCUT2D eigenvalue weighted by Gasteiger charge is -2.32. The zero-order valence-corrected chi connectivity index (χ0v) is 14.2. The van der Waals surface area contributed by atoms with Gasteiger partial charge in [-0.25, -0.2) is 8.42 Å². The highest BCUT2D eigenvalue weighted by Gasteiger charge is 2.34. The Kier molecular flexibility index (Phi) is 4.79. The minimum absolute atomic E-state index is 0.0592. The van der Waals surface area contributed by atoms with Crippen LogP contribution in [0.3, 0.4) is 0 Å².